The zero-order valence-corrected chi connectivity index (χ0v) is 15.5. The molecule has 5 heteroatoms. The Balaban J connectivity index is 2.16. The lowest BCUT2D eigenvalue weighted by Crippen LogP contribution is -2.31. The van der Waals surface area contributed by atoms with Crippen molar-refractivity contribution in [1.29, 1.82) is 0 Å². The predicted octanol–water partition coefficient (Wildman–Crippen LogP) is 4.40. The fourth-order valence-electron chi connectivity index (χ4n) is 2.59. The summed E-state index contributed by atoms with van der Waals surface area (Å²) in [6.07, 6.45) is 4.68. The van der Waals surface area contributed by atoms with Crippen molar-refractivity contribution < 1.29 is 13.4 Å². The van der Waals surface area contributed by atoms with E-state index in [1.807, 2.05) is 0 Å². The molecule has 0 heterocycles. The highest BCUT2D eigenvalue weighted by Crippen LogP contribution is 2.14. The maximum absolute atomic E-state index is 13.1. The van der Waals surface area contributed by atoms with Gasteiger partial charge in [-0.15, -0.1) is 0 Å². The molecule has 0 aromatic heterocycles. The average molecular weight is 361 g/mol. The highest BCUT2D eigenvalue weighted by molar-refractivity contribution is 7.84. The SMILES string of the molecule is CCCCCN(Cc1ccc(F)cc1)C(=O)c1ccc(S(C)=O)cc1. The maximum Gasteiger partial charge on any atom is 0.254 e. The molecule has 1 amide bonds. The highest BCUT2D eigenvalue weighted by atomic mass is 32.2. The molecule has 2 rings (SSSR count). The van der Waals surface area contributed by atoms with Gasteiger partial charge in [-0.3, -0.25) is 9.00 Å². The van der Waals surface area contributed by atoms with E-state index in [1.54, 1.807) is 47.6 Å². The number of carbonyl (C=O) groups excluding carboxylic acids is 1. The number of nitrogens with zero attached hydrogens (tertiary/aromatic N) is 1. The van der Waals surface area contributed by atoms with E-state index in [-0.39, 0.29) is 11.7 Å². The van der Waals surface area contributed by atoms with Crippen LogP contribution >= 0.6 is 0 Å². The summed E-state index contributed by atoms with van der Waals surface area (Å²) in [5, 5.41) is 0. The molecule has 134 valence electrons. The molecular weight excluding hydrogens is 337 g/mol. The van der Waals surface area contributed by atoms with Crippen LogP contribution in [0.25, 0.3) is 0 Å². The third kappa shape index (κ3) is 5.78. The summed E-state index contributed by atoms with van der Waals surface area (Å²) < 4.78 is 24.6. The summed E-state index contributed by atoms with van der Waals surface area (Å²) in [7, 11) is -1.06. The Bertz CT molecular complexity index is 713. The van der Waals surface area contributed by atoms with Crippen LogP contribution in [0.4, 0.5) is 4.39 Å². The van der Waals surface area contributed by atoms with Gasteiger partial charge in [0.1, 0.15) is 5.82 Å². The molecule has 0 N–H and O–H groups in total. The number of unbranched alkanes of at least 4 members (excludes halogenated alkanes) is 2. The molecule has 0 aliphatic rings. The number of hydrogen-bond acceptors (Lipinski definition) is 2. The van der Waals surface area contributed by atoms with E-state index in [0.29, 0.717) is 23.5 Å². The van der Waals surface area contributed by atoms with Crippen LogP contribution < -0.4 is 0 Å². The fourth-order valence-corrected chi connectivity index (χ4v) is 3.11. The summed E-state index contributed by atoms with van der Waals surface area (Å²) in [5.74, 6) is -0.343. The number of benzene rings is 2. The first-order chi connectivity index (χ1) is 12.0. The minimum atomic E-state index is -1.06. The van der Waals surface area contributed by atoms with Crippen molar-refractivity contribution in [3.05, 3.63) is 65.5 Å². The quantitative estimate of drug-likeness (QED) is 0.654. The van der Waals surface area contributed by atoms with Crippen LogP contribution in [0.2, 0.25) is 0 Å². The Morgan fingerprint density at radius 2 is 1.68 bits per heavy atom. The maximum atomic E-state index is 13.1. The van der Waals surface area contributed by atoms with E-state index in [9.17, 15) is 13.4 Å². The molecule has 2 aromatic rings. The van der Waals surface area contributed by atoms with Gasteiger partial charge in [-0.1, -0.05) is 31.9 Å². The first-order valence-electron chi connectivity index (χ1n) is 8.48. The second-order valence-electron chi connectivity index (χ2n) is 6.04. The van der Waals surface area contributed by atoms with Gasteiger partial charge < -0.3 is 4.90 Å². The first-order valence-corrected chi connectivity index (χ1v) is 10.0. The smallest absolute Gasteiger partial charge is 0.254 e. The molecule has 25 heavy (non-hydrogen) atoms. The molecule has 0 spiro atoms. The number of rotatable bonds is 8. The number of carbonyl (C=O) groups is 1. The summed E-state index contributed by atoms with van der Waals surface area (Å²) in [4.78, 5) is 15.4. The molecule has 0 aliphatic heterocycles. The second kappa shape index (κ2) is 9.47. The van der Waals surface area contributed by atoms with Crippen LogP contribution in [-0.4, -0.2) is 27.8 Å². The molecule has 0 fully saturated rings. The Hall–Kier alpha value is -2.01. The lowest BCUT2D eigenvalue weighted by atomic mass is 10.1. The topological polar surface area (TPSA) is 37.4 Å². The number of amides is 1. The van der Waals surface area contributed by atoms with Gasteiger partial charge in [0.2, 0.25) is 0 Å². The van der Waals surface area contributed by atoms with Crippen molar-refractivity contribution in [2.24, 2.45) is 0 Å². The molecule has 0 saturated heterocycles. The fraction of sp³-hybridized carbons (Fsp3) is 0.350. The zero-order chi connectivity index (χ0) is 18.2. The highest BCUT2D eigenvalue weighted by Gasteiger charge is 2.16. The molecule has 1 unspecified atom stereocenters. The van der Waals surface area contributed by atoms with Gasteiger partial charge in [0.05, 0.1) is 0 Å². The lowest BCUT2D eigenvalue weighted by molar-refractivity contribution is 0.0740. The van der Waals surface area contributed by atoms with Crippen LogP contribution in [-0.2, 0) is 17.3 Å². The van der Waals surface area contributed by atoms with Gasteiger partial charge in [-0.2, -0.15) is 0 Å². The third-order valence-corrected chi connectivity index (χ3v) is 4.97. The van der Waals surface area contributed by atoms with Gasteiger partial charge in [0.15, 0.2) is 0 Å². The lowest BCUT2D eigenvalue weighted by Gasteiger charge is -2.23. The van der Waals surface area contributed by atoms with Gasteiger partial charge >= 0.3 is 0 Å². The van der Waals surface area contributed by atoms with Crippen LogP contribution in [0.3, 0.4) is 0 Å². The van der Waals surface area contributed by atoms with Gasteiger partial charge in [0, 0.05) is 40.6 Å². The normalized spacial score (nSPS) is 12.0. The largest absolute Gasteiger partial charge is 0.334 e. The molecule has 2 aromatic carbocycles. The van der Waals surface area contributed by atoms with Crippen molar-refractivity contribution in [1.82, 2.24) is 4.90 Å². The van der Waals surface area contributed by atoms with Crippen LogP contribution in [0.1, 0.15) is 42.1 Å². The Kier molecular flexibility index (Phi) is 7.31. The van der Waals surface area contributed by atoms with Crippen molar-refractivity contribution in [2.45, 2.75) is 37.6 Å². The third-order valence-electron chi connectivity index (χ3n) is 4.04. The summed E-state index contributed by atoms with van der Waals surface area (Å²) >= 11 is 0. The second-order valence-corrected chi connectivity index (χ2v) is 7.42. The molecule has 0 radical (unpaired) electrons. The number of hydrogen-bond donors (Lipinski definition) is 0. The zero-order valence-electron chi connectivity index (χ0n) is 14.7. The van der Waals surface area contributed by atoms with E-state index in [0.717, 1.165) is 24.8 Å². The van der Waals surface area contributed by atoms with Crippen molar-refractivity contribution in [3.63, 3.8) is 0 Å². The van der Waals surface area contributed by atoms with Crippen molar-refractivity contribution >= 4 is 16.7 Å². The predicted molar refractivity (Wildman–Crippen MR) is 99.4 cm³/mol. The molecule has 0 saturated carbocycles. The van der Waals surface area contributed by atoms with E-state index < -0.39 is 10.8 Å². The van der Waals surface area contributed by atoms with Crippen molar-refractivity contribution in [2.75, 3.05) is 12.8 Å². The van der Waals surface area contributed by atoms with E-state index in [4.69, 9.17) is 0 Å². The van der Waals surface area contributed by atoms with Gasteiger partial charge in [-0.25, -0.2) is 4.39 Å². The van der Waals surface area contributed by atoms with Crippen LogP contribution in [0.15, 0.2) is 53.4 Å². The van der Waals surface area contributed by atoms with Gasteiger partial charge in [0.25, 0.3) is 5.91 Å². The molecule has 0 bridgehead atoms. The Labute approximate surface area is 151 Å². The van der Waals surface area contributed by atoms with Crippen LogP contribution in [0.5, 0.6) is 0 Å². The minimum absolute atomic E-state index is 0.0612. The molecule has 3 nitrogen and oxygen atoms in total. The first kappa shape index (κ1) is 19.3. The average Bonchev–Trinajstić information content (AvgIpc) is 2.62. The van der Waals surface area contributed by atoms with E-state index in [2.05, 4.69) is 6.92 Å². The molecule has 1 atom stereocenters. The standard InChI is InChI=1S/C20H24FNO2S/c1-3-4-5-14-22(15-16-6-10-18(21)11-7-16)20(23)17-8-12-19(13-9-17)25(2)24/h6-13H,3-5,14-15H2,1-2H3. The minimum Gasteiger partial charge on any atom is -0.334 e. The van der Waals surface area contributed by atoms with E-state index in [1.165, 1.54) is 12.1 Å². The number of halogens is 1. The van der Waals surface area contributed by atoms with Crippen molar-refractivity contribution in [3.8, 4) is 0 Å². The summed E-state index contributed by atoms with van der Waals surface area (Å²) in [6.45, 7) is 3.23. The molecular formula is C20H24FNO2S. The monoisotopic (exact) mass is 361 g/mol. The van der Waals surface area contributed by atoms with E-state index >= 15 is 0 Å². The molecule has 0 aliphatic carbocycles. The summed E-state index contributed by atoms with van der Waals surface area (Å²) in [6, 6.07) is 13.1. The summed E-state index contributed by atoms with van der Waals surface area (Å²) in [5.41, 5.74) is 1.48. The van der Waals surface area contributed by atoms with Gasteiger partial charge in [-0.05, 0) is 48.4 Å². The Morgan fingerprint density at radius 1 is 1.04 bits per heavy atom. The Morgan fingerprint density at radius 3 is 2.24 bits per heavy atom. The van der Waals surface area contributed by atoms with Crippen LogP contribution in [0, 0.1) is 5.82 Å².